The first-order chi connectivity index (χ1) is 9.40. The maximum absolute atomic E-state index is 13.3. The minimum Gasteiger partial charge on any atom is -0.394 e. The Morgan fingerprint density at radius 1 is 1.05 bits per heavy atom. The van der Waals surface area contributed by atoms with Gasteiger partial charge in [-0.05, 0) is 36.4 Å². The van der Waals surface area contributed by atoms with E-state index in [1.807, 2.05) is 0 Å². The summed E-state index contributed by atoms with van der Waals surface area (Å²) in [5.41, 5.74) is 4.72. The highest BCUT2D eigenvalue weighted by Crippen LogP contribution is 2.21. The third-order valence-electron chi connectivity index (χ3n) is 2.84. The average Bonchev–Trinajstić information content (AvgIpc) is 2.43. The van der Waals surface area contributed by atoms with Gasteiger partial charge in [-0.25, -0.2) is 13.2 Å². The molecule has 2 aromatic rings. The Kier molecular flexibility index (Phi) is 3.65. The van der Waals surface area contributed by atoms with Crippen molar-refractivity contribution < 1.29 is 18.0 Å². The number of hydrogen-bond acceptors (Lipinski definition) is 2. The molecule has 20 heavy (non-hydrogen) atoms. The molecule has 0 saturated carbocycles. The molecule has 1 amide bonds. The van der Waals surface area contributed by atoms with Gasteiger partial charge >= 0.3 is 0 Å². The molecule has 0 unspecified atom stereocenters. The third kappa shape index (κ3) is 2.59. The lowest BCUT2D eigenvalue weighted by Gasteiger charge is -2.17. The molecule has 0 atom stereocenters. The van der Waals surface area contributed by atoms with Gasteiger partial charge in [-0.3, -0.25) is 4.79 Å². The molecule has 0 aliphatic carbocycles. The summed E-state index contributed by atoms with van der Waals surface area (Å²) in [4.78, 5) is 13.3. The van der Waals surface area contributed by atoms with Crippen molar-refractivity contribution in [1.29, 1.82) is 0 Å². The van der Waals surface area contributed by atoms with Crippen LogP contribution in [0.2, 0.25) is 0 Å². The lowest BCUT2D eigenvalue weighted by molar-refractivity contribution is 0.0992. The van der Waals surface area contributed by atoms with Crippen LogP contribution in [0.5, 0.6) is 0 Å². The van der Waals surface area contributed by atoms with Gasteiger partial charge < -0.3 is 10.6 Å². The Morgan fingerprint density at radius 2 is 1.55 bits per heavy atom. The number of amides is 1. The first-order valence-electron chi connectivity index (χ1n) is 5.68. The number of hydrogen-bond donors (Lipinski definition) is 1. The van der Waals surface area contributed by atoms with Crippen LogP contribution < -0.4 is 10.6 Å². The zero-order valence-corrected chi connectivity index (χ0v) is 10.5. The summed E-state index contributed by atoms with van der Waals surface area (Å²) in [6.45, 7) is 0. The van der Waals surface area contributed by atoms with E-state index in [9.17, 15) is 18.0 Å². The topological polar surface area (TPSA) is 46.3 Å². The number of nitrogen functional groups attached to an aromatic ring is 1. The van der Waals surface area contributed by atoms with Crippen molar-refractivity contribution in [2.75, 3.05) is 17.7 Å². The average molecular weight is 280 g/mol. The molecule has 0 radical (unpaired) electrons. The molecule has 6 heteroatoms. The molecule has 0 bridgehead atoms. The van der Waals surface area contributed by atoms with Crippen LogP contribution in [-0.2, 0) is 0 Å². The second kappa shape index (κ2) is 5.24. The Bertz CT molecular complexity index is 633. The molecule has 0 aliphatic heterocycles. The summed E-state index contributed by atoms with van der Waals surface area (Å²) in [5.74, 6) is -3.07. The highest BCUT2D eigenvalue weighted by Gasteiger charge is 2.17. The summed E-state index contributed by atoms with van der Waals surface area (Å²) in [6.07, 6.45) is 0. The quantitative estimate of drug-likeness (QED) is 0.860. The first-order valence-corrected chi connectivity index (χ1v) is 5.68. The Labute approximate surface area is 113 Å². The van der Waals surface area contributed by atoms with E-state index in [0.29, 0.717) is 5.69 Å². The fraction of sp³-hybridized carbons (Fsp3) is 0.0714. The summed E-state index contributed by atoms with van der Waals surface area (Å²) in [7, 11) is 1.42. The van der Waals surface area contributed by atoms with Gasteiger partial charge in [0.25, 0.3) is 5.91 Å². The lowest BCUT2D eigenvalue weighted by atomic mass is 10.1. The van der Waals surface area contributed by atoms with Crippen LogP contribution in [0, 0.1) is 17.5 Å². The summed E-state index contributed by atoms with van der Waals surface area (Å²) in [6, 6.07) is 6.86. The minimum atomic E-state index is -0.999. The van der Waals surface area contributed by atoms with Crippen LogP contribution in [0.3, 0.4) is 0 Å². The number of anilines is 2. The maximum Gasteiger partial charge on any atom is 0.258 e. The van der Waals surface area contributed by atoms with Crippen LogP contribution in [0.1, 0.15) is 10.4 Å². The fourth-order valence-electron chi connectivity index (χ4n) is 1.68. The largest absolute Gasteiger partial charge is 0.394 e. The van der Waals surface area contributed by atoms with Gasteiger partial charge in [-0.2, -0.15) is 0 Å². The van der Waals surface area contributed by atoms with Gasteiger partial charge in [0.05, 0.1) is 0 Å². The van der Waals surface area contributed by atoms with Crippen molar-refractivity contribution in [1.82, 2.24) is 0 Å². The van der Waals surface area contributed by atoms with Gasteiger partial charge in [-0.15, -0.1) is 0 Å². The molecular weight excluding hydrogens is 269 g/mol. The molecule has 3 nitrogen and oxygen atoms in total. The number of nitrogens with zero attached hydrogens (tertiary/aromatic N) is 1. The van der Waals surface area contributed by atoms with Crippen molar-refractivity contribution in [2.45, 2.75) is 0 Å². The van der Waals surface area contributed by atoms with E-state index in [2.05, 4.69) is 0 Å². The van der Waals surface area contributed by atoms with Crippen LogP contribution >= 0.6 is 0 Å². The van der Waals surface area contributed by atoms with Crippen LogP contribution in [0.4, 0.5) is 24.5 Å². The minimum absolute atomic E-state index is 0.180. The van der Waals surface area contributed by atoms with Gasteiger partial charge in [0, 0.05) is 18.3 Å². The molecule has 0 fully saturated rings. The molecular formula is C14H11F3N2O. The normalized spacial score (nSPS) is 10.4. The summed E-state index contributed by atoms with van der Waals surface area (Å²) in [5, 5.41) is 0. The number of nitrogens with two attached hydrogens (primary N) is 1. The maximum atomic E-state index is 13.3. The number of rotatable bonds is 2. The predicted octanol–water partition coefficient (Wildman–Crippen LogP) is 2.96. The molecule has 0 spiro atoms. The Balaban J connectivity index is 2.33. The third-order valence-corrected chi connectivity index (χ3v) is 2.84. The molecule has 0 heterocycles. The first kappa shape index (κ1) is 13.9. The van der Waals surface area contributed by atoms with E-state index >= 15 is 0 Å². The van der Waals surface area contributed by atoms with Crippen molar-refractivity contribution in [3.8, 4) is 0 Å². The molecule has 0 aromatic heterocycles. The second-order valence-electron chi connectivity index (χ2n) is 4.19. The van der Waals surface area contributed by atoms with Gasteiger partial charge in [0.2, 0.25) is 0 Å². The van der Waals surface area contributed by atoms with E-state index in [1.54, 1.807) is 0 Å². The highest BCUT2D eigenvalue weighted by atomic mass is 19.1. The van der Waals surface area contributed by atoms with E-state index in [1.165, 1.54) is 31.3 Å². The smallest absolute Gasteiger partial charge is 0.258 e. The van der Waals surface area contributed by atoms with Crippen LogP contribution in [-0.4, -0.2) is 13.0 Å². The standard InChI is InChI=1S/C14H11F3N2O/c1-19(10-4-2-9(15)3-5-10)14(20)8-6-11(16)13(18)12(17)7-8/h2-7H,18H2,1H3. The van der Waals surface area contributed by atoms with Crippen LogP contribution in [0.25, 0.3) is 0 Å². The molecule has 0 saturated heterocycles. The molecule has 2 aromatic carbocycles. The highest BCUT2D eigenvalue weighted by molar-refractivity contribution is 6.05. The van der Waals surface area contributed by atoms with Crippen molar-refractivity contribution in [3.05, 3.63) is 59.4 Å². The van der Waals surface area contributed by atoms with Crippen LogP contribution in [0.15, 0.2) is 36.4 Å². The Morgan fingerprint density at radius 3 is 2.05 bits per heavy atom. The number of benzene rings is 2. The van der Waals surface area contributed by atoms with Gasteiger partial charge in [0.1, 0.15) is 23.1 Å². The molecule has 104 valence electrons. The van der Waals surface area contributed by atoms with Crippen molar-refractivity contribution in [2.24, 2.45) is 0 Å². The van der Waals surface area contributed by atoms with Gasteiger partial charge in [0.15, 0.2) is 0 Å². The fourth-order valence-corrected chi connectivity index (χ4v) is 1.68. The predicted molar refractivity (Wildman–Crippen MR) is 69.9 cm³/mol. The van der Waals surface area contributed by atoms with E-state index in [-0.39, 0.29) is 5.56 Å². The zero-order chi connectivity index (χ0) is 14.9. The second-order valence-corrected chi connectivity index (χ2v) is 4.19. The Hall–Kier alpha value is -2.50. The number of carbonyl (C=O) groups is 1. The van der Waals surface area contributed by atoms with E-state index < -0.39 is 29.0 Å². The summed E-state index contributed by atoms with van der Waals surface area (Å²) >= 11 is 0. The zero-order valence-electron chi connectivity index (χ0n) is 10.5. The van der Waals surface area contributed by atoms with Crippen molar-refractivity contribution in [3.63, 3.8) is 0 Å². The van der Waals surface area contributed by atoms with Gasteiger partial charge in [-0.1, -0.05) is 0 Å². The number of carbonyl (C=O) groups excluding carboxylic acids is 1. The van der Waals surface area contributed by atoms with Crippen molar-refractivity contribution >= 4 is 17.3 Å². The molecule has 0 aliphatic rings. The van der Waals surface area contributed by atoms with E-state index in [0.717, 1.165) is 17.0 Å². The SMILES string of the molecule is CN(C(=O)c1cc(F)c(N)c(F)c1)c1ccc(F)cc1. The molecule has 2 N–H and O–H groups in total. The molecule has 2 rings (SSSR count). The number of halogens is 3. The summed E-state index contributed by atoms with van der Waals surface area (Å²) < 4.78 is 39.5. The van der Waals surface area contributed by atoms with E-state index in [4.69, 9.17) is 5.73 Å². The lowest BCUT2D eigenvalue weighted by Crippen LogP contribution is -2.26. The monoisotopic (exact) mass is 280 g/mol.